The molecule has 1 aliphatic carbocycles. The fourth-order valence-electron chi connectivity index (χ4n) is 4.18. The Kier molecular flexibility index (Phi) is 3.95. The van der Waals surface area contributed by atoms with Crippen LogP contribution < -0.4 is 10.5 Å². The Hall–Kier alpha value is -1.10. The van der Waals surface area contributed by atoms with Crippen LogP contribution in [0.15, 0.2) is 24.3 Å². The first-order valence-electron chi connectivity index (χ1n) is 7.83. The first kappa shape index (κ1) is 14.8. The summed E-state index contributed by atoms with van der Waals surface area (Å²) in [5.74, 6) is 0.863. The lowest BCUT2D eigenvalue weighted by Crippen LogP contribution is -2.60. The van der Waals surface area contributed by atoms with E-state index in [-0.39, 0.29) is 6.10 Å². The molecule has 0 radical (unpaired) electrons. The first-order valence-corrected chi connectivity index (χ1v) is 7.83. The Bertz CT molecular complexity index is 507. The van der Waals surface area contributed by atoms with Gasteiger partial charge in [-0.15, -0.1) is 0 Å². The molecule has 1 aliphatic heterocycles. The molecular weight excluding hydrogens is 266 g/mol. The van der Waals surface area contributed by atoms with Gasteiger partial charge in [0.2, 0.25) is 0 Å². The minimum atomic E-state index is -0.819. The van der Waals surface area contributed by atoms with Crippen LogP contribution in [-0.2, 0) is 10.2 Å². The molecule has 0 saturated heterocycles. The van der Waals surface area contributed by atoms with Crippen LogP contribution in [0.5, 0.6) is 5.75 Å². The molecule has 1 heterocycles. The van der Waals surface area contributed by atoms with Crippen molar-refractivity contribution in [1.29, 1.82) is 0 Å². The van der Waals surface area contributed by atoms with Gasteiger partial charge in [0.05, 0.1) is 18.3 Å². The minimum absolute atomic E-state index is 0.113. The maximum Gasteiger partial charge on any atom is 0.123 e. The number of fused-ring (bicyclic) bond motifs is 1. The zero-order valence-corrected chi connectivity index (χ0v) is 12.7. The molecule has 0 amide bonds. The average Bonchev–Trinajstić information content (AvgIpc) is 2.54. The number of rotatable bonds is 3. The molecular formula is C17H25NO3. The number of ether oxygens (including phenoxy) is 2. The van der Waals surface area contributed by atoms with Crippen molar-refractivity contribution in [3.05, 3.63) is 29.8 Å². The standard InChI is InChI=1S/C17H25NO3/c1-20-13-5-4-8-17(19,11-13)16(12-18)9-10-21-15-7-3-2-6-14(15)16/h2-3,6-7,13,19H,4-5,8-12,18H2,1H3. The van der Waals surface area contributed by atoms with Gasteiger partial charge in [-0.05, 0) is 31.7 Å². The van der Waals surface area contributed by atoms with E-state index in [0.29, 0.717) is 19.6 Å². The molecule has 0 spiro atoms. The molecule has 0 bridgehead atoms. The van der Waals surface area contributed by atoms with Gasteiger partial charge in [0.1, 0.15) is 5.75 Å². The second-order valence-corrected chi connectivity index (χ2v) is 6.37. The fraction of sp³-hybridized carbons (Fsp3) is 0.647. The monoisotopic (exact) mass is 291 g/mol. The van der Waals surface area contributed by atoms with E-state index in [9.17, 15) is 5.11 Å². The van der Waals surface area contributed by atoms with E-state index in [1.165, 1.54) is 0 Å². The molecule has 2 aliphatic rings. The van der Waals surface area contributed by atoms with Crippen LogP contribution in [0.2, 0.25) is 0 Å². The van der Waals surface area contributed by atoms with E-state index >= 15 is 0 Å². The van der Waals surface area contributed by atoms with Crippen molar-refractivity contribution < 1.29 is 14.6 Å². The first-order chi connectivity index (χ1) is 10.1. The summed E-state index contributed by atoms with van der Waals surface area (Å²) in [5.41, 5.74) is 6.00. The highest BCUT2D eigenvalue weighted by molar-refractivity contribution is 5.44. The molecule has 116 valence electrons. The molecule has 3 atom stereocenters. The lowest BCUT2D eigenvalue weighted by atomic mass is 9.59. The van der Waals surface area contributed by atoms with Crippen molar-refractivity contribution in [2.75, 3.05) is 20.3 Å². The Morgan fingerprint density at radius 1 is 1.38 bits per heavy atom. The number of aliphatic hydroxyl groups is 1. The molecule has 3 unspecified atom stereocenters. The molecule has 4 heteroatoms. The quantitative estimate of drug-likeness (QED) is 0.894. The zero-order chi connectivity index (χ0) is 14.9. The Labute approximate surface area is 126 Å². The summed E-state index contributed by atoms with van der Waals surface area (Å²) in [6.45, 7) is 1.04. The van der Waals surface area contributed by atoms with E-state index in [4.69, 9.17) is 15.2 Å². The van der Waals surface area contributed by atoms with Gasteiger partial charge in [0.25, 0.3) is 0 Å². The summed E-state index contributed by atoms with van der Waals surface area (Å²) in [4.78, 5) is 0. The van der Waals surface area contributed by atoms with E-state index in [1.807, 2.05) is 18.2 Å². The predicted octanol–water partition coefficient (Wildman–Crippen LogP) is 1.99. The fourth-order valence-corrected chi connectivity index (χ4v) is 4.18. The second-order valence-electron chi connectivity index (χ2n) is 6.37. The van der Waals surface area contributed by atoms with Crippen molar-refractivity contribution >= 4 is 0 Å². The maximum atomic E-state index is 11.5. The highest BCUT2D eigenvalue weighted by atomic mass is 16.5. The van der Waals surface area contributed by atoms with Crippen LogP contribution in [0, 0.1) is 0 Å². The van der Waals surface area contributed by atoms with Gasteiger partial charge in [0, 0.05) is 31.1 Å². The molecule has 3 N–H and O–H groups in total. The van der Waals surface area contributed by atoms with Crippen molar-refractivity contribution in [2.45, 2.75) is 49.2 Å². The van der Waals surface area contributed by atoms with Crippen LogP contribution in [0.25, 0.3) is 0 Å². The minimum Gasteiger partial charge on any atom is -0.493 e. The summed E-state index contributed by atoms with van der Waals surface area (Å²) in [6, 6.07) is 7.99. The molecule has 21 heavy (non-hydrogen) atoms. The number of benzene rings is 1. The van der Waals surface area contributed by atoms with Crippen molar-refractivity contribution in [3.63, 3.8) is 0 Å². The molecule has 4 nitrogen and oxygen atoms in total. The van der Waals surface area contributed by atoms with Crippen LogP contribution in [0.4, 0.5) is 0 Å². The lowest BCUT2D eigenvalue weighted by Gasteiger charge is -2.52. The van der Waals surface area contributed by atoms with Crippen molar-refractivity contribution in [3.8, 4) is 5.75 Å². The van der Waals surface area contributed by atoms with Gasteiger partial charge < -0.3 is 20.3 Å². The maximum absolute atomic E-state index is 11.5. The molecule has 1 aromatic rings. The summed E-state index contributed by atoms with van der Waals surface area (Å²) >= 11 is 0. The number of hydrogen-bond donors (Lipinski definition) is 2. The van der Waals surface area contributed by atoms with E-state index in [0.717, 1.165) is 37.0 Å². The number of nitrogens with two attached hydrogens (primary N) is 1. The summed E-state index contributed by atoms with van der Waals surface area (Å²) < 4.78 is 11.3. The molecule has 0 aromatic heterocycles. The van der Waals surface area contributed by atoms with E-state index in [2.05, 4.69) is 6.07 Å². The zero-order valence-electron chi connectivity index (χ0n) is 12.7. The smallest absolute Gasteiger partial charge is 0.123 e. The highest BCUT2D eigenvalue weighted by Crippen LogP contribution is 2.50. The van der Waals surface area contributed by atoms with Gasteiger partial charge in [-0.1, -0.05) is 18.2 Å². The van der Waals surface area contributed by atoms with Crippen LogP contribution >= 0.6 is 0 Å². The third-order valence-electron chi connectivity index (χ3n) is 5.44. The summed E-state index contributed by atoms with van der Waals surface area (Å²) in [5, 5.41) is 11.5. The number of methoxy groups -OCH3 is 1. The summed E-state index contributed by atoms with van der Waals surface area (Å²) in [7, 11) is 1.73. The van der Waals surface area contributed by atoms with E-state index < -0.39 is 11.0 Å². The van der Waals surface area contributed by atoms with Crippen LogP contribution in [0.1, 0.15) is 37.7 Å². The van der Waals surface area contributed by atoms with Gasteiger partial charge in [-0.3, -0.25) is 0 Å². The molecule has 1 saturated carbocycles. The average molecular weight is 291 g/mol. The molecule has 3 rings (SSSR count). The second kappa shape index (κ2) is 5.59. The third-order valence-corrected chi connectivity index (χ3v) is 5.44. The Morgan fingerprint density at radius 2 is 2.19 bits per heavy atom. The van der Waals surface area contributed by atoms with Gasteiger partial charge in [-0.25, -0.2) is 0 Å². The van der Waals surface area contributed by atoms with Crippen molar-refractivity contribution in [2.24, 2.45) is 5.73 Å². The van der Waals surface area contributed by atoms with Crippen molar-refractivity contribution in [1.82, 2.24) is 0 Å². The topological polar surface area (TPSA) is 64.7 Å². The summed E-state index contributed by atoms with van der Waals surface area (Å²) in [6.07, 6.45) is 4.28. The Morgan fingerprint density at radius 3 is 2.95 bits per heavy atom. The third kappa shape index (κ3) is 2.26. The normalized spacial score (nSPS) is 35.9. The van der Waals surface area contributed by atoms with Gasteiger partial charge in [0.15, 0.2) is 0 Å². The van der Waals surface area contributed by atoms with Gasteiger partial charge >= 0.3 is 0 Å². The largest absolute Gasteiger partial charge is 0.493 e. The van der Waals surface area contributed by atoms with Crippen LogP contribution in [-0.4, -0.2) is 37.1 Å². The number of hydrogen-bond acceptors (Lipinski definition) is 4. The van der Waals surface area contributed by atoms with Crippen LogP contribution in [0.3, 0.4) is 0 Å². The molecule has 1 fully saturated rings. The number of para-hydroxylation sites is 1. The highest BCUT2D eigenvalue weighted by Gasteiger charge is 2.54. The van der Waals surface area contributed by atoms with E-state index in [1.54, 1.807) is 7.11 Å². The Balaban J connectivity index is 2.05. The SMILES string of the molecule is COC1CCCC(O)(C2(CN)CCOc3ccccc32)C1. The predicted molar refractivity (Wildman–Crippen MR) is 81.5 cm³/mol. The lowest BCUT2D eigenvalue weighted by molar-refractivity contribution is -0.115. The van der Waals surface area contributed by atoms with Gasteiger partial charge in [-0.2, -0.15) is 0 Å². The molecule has 1 aromatic carbocycles.